The van der Waals surface area contributed by atoms with Gasteiger partial charge >= 0.3 is 0 Å². The molecule has 1 amide bonds. The highest BCUT2D eigenvalue weighted by atomic mass is 35.5. The van der Waals surface area contributed by atoms with Crippen LogP contribution in [0.15, 0.2) is 48.6 Å². The zero-order chi connectivity index (χ0) is 19.0. The molecule has 0 bridgehead atoms. The Bertz CT molecular complexity index is 894. The van der Waals surface area contributed by atoms with E-state index in [1.54, 1.807) is 0 Å². The van der Waals surface area contributed by atoms with Gasteiger partial charge in [0, 0.05) is 23.6 Å². The van der Waals surface area contributed by atoms with Gasteiger partial charge in [0.1, 0.15) is 5.82 Å². The number of allylic oxidation sites excluding steroid dienone is 2. The summed E-state index contributed by atoms with van der Waals surface area (Å²) in [4.78, 5) is 12.2. The lowest BCUT2D eigenvalue weighted by atomic mass is 9.76. The third-order valence-corrected chi connectivity index (χ3v) is 5.76. The fraction of sp³-hybridized carbons (Fsp3) is 0.318. The molecule has 1 aliphatic carbocycles. The highest BCUT2D eigenvalue weighted by Gasteiger charge is 2.40. The minimum Gasteiger partial charge on any atom is -0.376 e. The van der Waals surface area contributed by atoms with Gasteiger partial charge in [-0.2, -0.15) is 0 Å². The van der Waals surface area contributed by atoms with Crippen molar-refractivity contribution in [3.05, 3.63) is 70.5 Å². The van der Waals surface area contributed by atoms with Crippen LogP contribution in [0.3, 0.4) is 0 Å². The van der Waals surface area contributed by atoms with Crippen molar-refractivity contribution in [1.29, 1.82) is 0 Å². The van der Waals surface area contributed by atoms with Crippen LogP contribution in [0.25, 0.3) is 0 Å². The molecule has 3 unspecified atom stereocenters. The van der Waals surface area contributed by atoms with Gasteiger partial charge in [0.25, 0.3) is 0 Å². The summed E-state index contributed by atoms with van der Waals surface area (Å²) in [6.07, 6.45) is 6.60. The smallest absolute Gasteiger partial charge is 0.224 e. The van der Waals surface area contributed by atoms with Crippen molar-refractivity contribution in [2.24, 2.45) is 5.92 Å². The Morgan fingerprint density at radius 1 is 1.26 bits per heavy atom. The molecule has 0 radical (unpaired) electrons. The number of carbonyl (C=O) groups excluding carboxylic acids is 1. The van der Waals surface area contributed by atoms with Crippen molar-refractivity contribution in [3.63, 3.8) is 0 Å². The first-order valence-electron chi connectivity index (χ1n) is 9.39. The van der Waals surface area contributed by atoms with Gasteiger partial charge in [0.05, 0.1) is 16.8 Å². The van der Waals surface area contributed by atoms with Crippen LogP contribution in [0.4, 0.5) is 15.8 Å². The van der Waals surface area contributed by atoms with Crippen LogP contribution in [0.1, 0.15) is 49.3 Å². The SMILES string of the molecule is CCCC(=O)Nc1ccc(Cl)c2c1C1C=CCC1C(c1ccc(F)cc1)N2. The average Bonchev–Trinajstić information content (AvgIpc) is 3.14. The van der Waals surface area contributed by atoms with Crippen LogP contribution in [0, 0.1) is 11.7 Å². The van der Waals surface area contributed by atoms with E-state index in [9.17, 15) is 9.18 Å². The number of nitrogens with one attached hydrogen (secondary N) is 2. The van der Waals surface area contributed by atoms with Gasteiger partial charge in [-0.1, -0.05) is 42.8 Å². The van der Waals surface area contributed by atoms with Crippen LogP contribution >= 0.6 is 11.6 Å². The third kappa shape index (κ3) is 3.34. The van der Waals surface area contributed by atoms with Crippen LogP contribution in [-0.4, -0.2) is 5.91 Å². The molecule has 140 valence electrons. The van der Waals surface area contributed by atoms with Gasteiger partial charge in [0.15, 0.2) is 0 Å². The van der Waals surface area contributed by atoms with Gasteiger partial charge in [-0.15, -0.1) is 0 Å². The standard InChI is InChI=1S/C22H22ClFN2O/c1-2-4-19(27)25-18-12-11-17(23)22-20(18)15-5-3-6-16(15)21(26-22)13-7-9-14(24)10-8-13/h3,5,7-12,15-16,21,26H,2,4,6H2,1H3,(H,25,27). The van der Waals surface area contributed by atoms with E-state index in [1.165, 1.54) is 12.1 Å². The van der Waals surface area contributed by atoms with E-state index < -0.39 is 0 Å². The van der Waals surface area contributed by atoms with E-state index >= 15 is 0 Å². The molecule has 5 heteroatoms. The number of halogens is 2. The molecule has 27 heavy (non-hydrogen) atoms. The lowest BCUT2D eigenvalue weighted by Gasteiger charge is -2.39. The Morgan fingerprint density at radius 2 is 2.04 bits per heavy atom. The minimum atomic E-state index is -0.241. The molecule has 2 aliphatic rings. The summed E-state index contributed by atoms with van der Waals surface area (Å²) in [5, 5.41) is 7.25. The molecule has 0 fully saturated rings. The molecule has 0 spiro atoms. The number of hydrogen-bond donors (Lipinski definition) is 2. The highest BCUT2D eigenvalue weighted by Crippen LogP contribution is 2.53. The lowest BCUT2D eigenvalue weighted by Crippen LogP contribution is -2.30. The van der Waals surface area contributed by atoms with E-state index in [2.05, 4.69) is 22.8 Å². The first-order chi connectivity index (χ1) is 13.1. The Balaban J connectivity index is 1.75. The Kier molecular flexibility index (Phi) is 4.92. The van der Waals surface area contributed by atoms with Crippen LogP contribution < -0.4 is 10.6 Å². The van der Waals surface area contributed by atoms with Crippen molar-refractivity contribution in [1.82, 2.24) is 0 Å². The summed E-state index contributed by atoms with van der Waals surface area (Å²) in [6.45, 7) is 1.99. The van der Waals surface area contributed by atoms with Gasteiger partial charge in [-0.3, -0.25) is 4.79 Å². The quantitative estimate of drug-likeness (QED) is 0.630. The predicted octanol–water partition coefficient (Wildman–Crippen LogP) is 6.04. The van der Waals surface area contributed by atoms with Crippen molar-refractivity contribution in [3.8, 4) is 0 Å². The van der Waals surface area contributed by atoms with Crippen LogP contribution in [0.2, 0.25) is 5.02 Å². The highest BCUT2D eigenvalue weighted by molar-refractivity contribution is 6.33. The summed E-state index contributed by atoms with van der Waals surface area (Å²) < 4.78 is 13.4. The molecule has 2 N–H and O–H groups in total. The summed E-state index contributed by atoms with van der Waals surface area (Å²) in [7, 11) is 0. The Morgan fingerprint density at radius 3 is 2.78 bits per heavy atom. The number of carbonyl (C=O) groups is 1. The topological polar surface area (TPSA) is 41.1 Å². The number of benzene rings is 2. The Labute approximate surface area is 163 Å². The fourth-order valence-electron chi connectivity index (χ4n) is 4.22. The number of rotatable bonds is 4. The molecule has 0 saturated carbocycles. The van der Waals surface area contributed by atoms with Crippen molar-refractivity contribution in [2.75, 3.05) is 10.6 Å². The monoisotopic (exact) mass is 384 g/mol. The predicted molar refractivity (Wildman–Crippen MR) is 108 cm³/mol. The Hall–Kier alpha value is -2.33. The molecule has 3 atom stereocenters. The van der Waals surface area contributed by atoms with E-state index in [-0.39, 0.29) is 23.7 Å². The van der Waals surface area contributed by atoms with Crippen LogP contribution in [-0.2, 0) is 4.79 Å². The molecule has 2 aromatic rings. The molecule has 3 nitrogen and oxygen atoms in total. The summed E-state index contributed by atoms with van der Waals surface area (Å²) in [5.74, 6) is 0.228. The largest absolute Gasteiger partial charge is 0.376 e. The second kappa shape index (κ2) is 7.35. The molecule has 0 saturated heterocycles. The minimum absolute atomic E-state index is 0.0150. The maximum absolute atomic E-state index is 13.4. The maximum Gasteiger partial charge on any atom is 0.224 e. The lowest BCUT2D eigenvalue weighted by molar-refractivity contribution is -0.116. The van der Waals surface area contributed by atoms with Gasteiger partial charge in [0.2, 0.25) is 5.91 Å². The molecule has 0 aromatic heterocycles. The van der Waals surface area contributed by atoms with Crippen molar-refractivity contribution < 1.29 is 9.18 Å². The molecular formula is C22H22ClFN2O. The van der Waals surface area contributed by atoms with E-state index in [0.717, 1.165) is 35.3 Å². The number of anilines is 2. The molecule has 1 heterocycles. The first-order valence-corrected chi connectivity index (χ1v) is 9.77. The molecule has 4 rings (SSSR count). The first kappa shape index (κ1) is 18.1. The summed E-state index contributed by atoms with van der Waals surface area (Å²) >= 11 is 6.52. The van der Waals surface area contributed by atoms with Crippen molar-refractivity contribution in [2.45, 2.75) is 38.1 Å². The van der Waals surface area contributed by atoms with Gasteiger partial charge in [-0.05, 0) is 48.6 Å². The second-order valence-corrected chi connectivity index (χ2v) is 7.62. The molecule has 2 aromatic carbocycles. The number of fused-ring (bicyclic) bond motifs is 3. The fourth-order valence-corrected chi connectivity index (χ4v) is 4.44. The molecular weight excluding hydrogens is 363 g/mol. The third-order valence-electron chi connectivity index (χ3n) is 5.45. The number of amides is 1. The van der Waals surface area contributed by atoms with Gasteiger partial charge in [-0.25, -0.2) is 4.39 Å². The summed E-state index contributed by atoms with van der Waals surface area (Å²) in [5.41, 5.74) is 3.76. The van der Waals surface area contributed by atoms with E-state index in [0.29, 0.717) is 17.4 Å². The zero-order valence-corrected chi connectivity index (χ0v) is 15.9. The normalized spacial score (nSPS) is 22.7. The zero-order valence-electron chi connectivity index (χ0n) is 15.1. The summed E-state index contributed by atoms with van der Waals surface area (Å²) in [6, 6.07) is 10.4. The number of hydrogen-bond acceptors (Lipinski definition) is 2. The van der Waals surface area contributed by atoms with Gasteiger partial charge < -0.3 is 10.6 Å². The van der Waals surface area contributed by atoms with E-state index in [4.69, 9.17) is 11.6 Å². The average molecular weight is 385 g/mol. The van der Waals surface area contributed by atoms with E-state index in [1.807, 2.05) is 31.2 Å². The second-order valence-electron chi connectivity index (χ2n) is 7.21. The maximum atomic E-state index is 13.4. The molecule has 1 aliphatic heterocycles. The van der Waals surface area contributed by atoms with Crippen molar-refractivity contribution >= 4 is 28.9 Å². The van der Waals surface area contributed by atoms with Crippen LogP contribution in [0.5, 0.6) is 0 Å².